The van der Waals surface area contributed by atoms with E-state index in [9.17, 15) is 22.8 Å². The van der Waals surface area contributed by atoms with Gasteiger partial charge >= 0.3 is 12.4 Å². The van der Waals surface area contributed by atoms with E-state index in [0.29, 0.717) is 5.69 Å². The average Bonchev–Trinajstić information content (AvgIpc) is 2.60. The first-order chi connectivity index (χ1) is 12.7. The molecule has 9 heteroatoms. The van der Waals surface area contributed by atoms with Gasteiger partial charge in [-0.15, -0.1) is 13.2 Å². The second-order valence-corrected chi connectivity index (χ2v) is 5.56. The van der Waals surface area contributed by atoms with Gasteiger partial charge in [0.2, 0.25) is 5.91 Å². The number of amides is 3. The molecule has 0 aliphatic rings. The summed E-state index contributed by atoms with van der Waals surface area (Å²) in [6, 6.07) is 12.6. The summed E-state index contributed by atoms with van der Waals surface area (Å²) in [6.45, 7) is 1.27. The highest BCUT2D eigenvalue weighted by atomic mass is 19.4. The number of rotatable bonds is 6. The zero-order valence-electron chi connectivity index (χ0n) is 14.3. The minimum absolute atomic E-state index is 0.157. The largest absolute Gasteiger partial charge is 0.573 e. The van der Waals surface area contributed by atoms with Gasteiger partial charge in [-0.25, -0.2) is 4.79 Å². The fourth-order valence-corrected chi connectivity index (χ4v) is 2.16. The minimum Gasteiger partial charge on any atom is -0.405 e. The molecule has 1 atom stereocenters. The maximum Gasteiger partial charge on any atom is 0.573 e. The van der Waals surface area contributed by atoms with Crippen LogP contribution in [0.4, 0.5) is 23.7 Å². The highest BCUT2D eigenvalue weighted by Crippen LogP contribution is 2.26. The Labute approximate surface area is 153 Å². The van der Waals surface area contributed by atoms with Crippen LogP contribution in [0.2, 0.25) is 0 Å². The zero-order valence-corrected chi connectivity index (χ0v) is 14.3. The van der Waals surface area contributed by atoms with Crippen molar-refractivity contribution in [1.82, 2.24) is 10.6 Å². The second kappa shape index (κ2) is 8.93. The number of nitrogens with one attached hydrogen (secondary N) is 3. The molecule has 0 bridgehead atoms. The lowest BCUT2D eigenvalue weighted by Crippen LogP contribution is -2.46. The summed E-state index contributed by atoms with van der Waals surface area (Å²) in [7, 11) is 0. The predicted octanol–water partition coefficient (Wildman–Crippen LogP) is 3.41. The topological polar surface area (TPSA) is 79.5 Å². The Morgan fingerprint density at radius 2 is 1.67 bits per heavy atom. The first-order valence-electron chi connectivity index (χ1n) is 7.98. The Hall–Kier alpha value is -3.23. The van der Waals surface area contributed by atoms with Gasteiger partial charge in [0.15, 0.2) is 0 Å². The number of para-hydroxylation sites is 2. The fraction of sp³-hybridized carbons (Fsp3) is 0.222. The number of ether oxygens (including phenoxy) is 1. The third kappa shape index (κ3) is 6.89. The van der Waals surface area contributed by atoms with Crippen LogP contribution in [-0.2, 0) is 11.3 Å². The Morgan fingerprint density at radius 3 is 2.33 bits per heavy atom. The molecule has 0 aliphatic heterocycles. The molecule has 27 heavy (non-hydrogen) atoms. The Bertz CT molecular complexity index is 782. The van der Waals surface area contributed by atoms with E-state index in [4.69, 9.17) is 0 Å². The molecular weight excluding hydrogens is 363 g/mol. The quantitative estimate of drug-likeness (QED) is 0.718. The molecule has 144 valence electrons. The summed E-state index contributed by atoms with van der Waals surface area (Å²) in [5.74, 6) is -0.951. The molecule has 0 spiro atoms. The molecule has 0 heterocycles. The van der Waals surface area contributed by atoms with Crippen LogP contribution < -0.4 is 20.7 Å². The molecule has 2 rings (SSSR count). The lowest BCUT2D eigenvalue weighted by atomic mass is 10.2. The molecular formula is C18H18F3N3O3. The number of urea groups is 1. The van der Waals surface area contributed by atoms with E-state index in [1.54, 1.807) is 30.3 Å². The van der Waals surface area contributed by atoms with Gasteiger partial charge in [-0.3, -0.25) is 4.79 Å². The number of benzene rings is 2. The Balaban J connectivity index is 1.87. The van der Waals surface area contributed by atoms with E-state index in [1.165, 1.54) is 25.1 Å². The second-order valence-electron chi connectivity index (χ2n) is 5.56. The summed E-state index contributed by atoms with van der Waals surface area (Å²) >= 11 is 0. The van der Waals surface area contributed by atoms with Crippen molar-refractivity contribution in [2.24, 2.45) is 0 Å². The van der Waals surface area contributed by atoms with Gasteiger partial charge in [0, 0.05) is 17.8 Å². The van der Waals surface area contributed by atoms with E-state index < -0.39 is 30.1 Å². The molecule has 2 aromatic rings. The van der Waals surface area contributed by atoms with Crippen LogP contribution in [0.5, 0.6) is 5.75 Å². The predicted molar refractivity (Wildman–Crippen MR) is 93.0 cm³/mol. The first-order valence-corrected chi connectivity index (χ1v) is 7.98. The third-order valence-electron chi connectivity index (χ3n) is 3.42. The highest BCUT2D eigenvalue weighted by molar-refractivity contribution is 5.93. The molecule has 1 unspecified atom stereocenters. The fourth-order valence-electron chi connectivity index (χ4n) is 2.16. The van der Waals surface area contributed by atoms with Crippen LogP contribution >= 0.6 is 0 Å². The molecule has 0 saturated heterocycles. The summed E-state index contributed by atoms with van der Waals surface area (Å²) in [5, 5.41) is 7.47. The monoisotopic (exact) mass is 381 g/mol. The summed E-state index contributed by atoms with van der Waals surface area (Å²) in [4.78, 5) is 23.9. The molecule has 0 aromatic heterocycles. The van der Waals surface area contributed by atoms with Crippen LogP contribution in [0.25, 0.3) is 0 Å². The Morgan fingerprint density at radius 1 is 1.04 bits per heavy atom. The van der Waals surface area contributed by atoms with Crippen LogP contribution in [0.3, 0.4) is 0 Å². The van der Waals surface area contributed by atoms with Gasteiger partial charge in [-0.1, -0.05) is 36.4 Å². The third-order valence-corrected chi connectivity index (χ3v) is 3.42. The van der Waals surface area contributed by atoms with Crippen LogP contribution in [0.15, 0.2) is 54.6 Å². The van der Waals surface area contributed by atoms with Gasteiger partial charge in [0.05, 0.1) is 0 Å². The lowest BCUT2D eigenvalue weighted by Gasteiger charge is -2.16. The van der Waals surface area contributed by atoms with E-state index in [2.05, 4.69) is 20.7 Å². The molecule has 3 N–H and O–H groups in total. The summed E-state index contributed by atoms with van der Waals surface area (Å²) < 4.78 is 41.1. The SMILES string of the molecule is CC(NC(=O)Nc1ccccc1)C(=O)NCc1ccccc1OC(F)(F)F. The van der Waals surface area contributed by atoms with Crippen molar-refractivity contribution in [2.75, 3.05) is 5.32 Å². The van der Waals surface area contributed by atoms with E-state index in [1.807, 2.05) is 0 Å². The van der Waals surface area contributed by atoms with E-state index in [0.717, 1.165) is 6.07 Å². The van der Waals surface area contributed by atoms with Crippen LogP contribution in [0.1, 0.15) is 12.5 Å². The number of carbonyl (C=O) groups is 2. The normalized spacial score (nSPS) is 12.0. The summed E-state index contributed by atoms with van der Waals surface area (Å²) in [5.41, 5.74) is 0.713. The molecule has 0 aliphatic carbocycles. The van der Waals surface area contributed by atoms with Crippen molar-refractivity contribution < 1.29 is 27.5 Å². The molecule has 6 nitrogen and oxygen atoms in total. The first kappa shape index (κ1) is 20.1. The van der Waals surface area contributed by atoms with Gasteiger partial charge in [-0.2, -0.15) is 0 Å². The Kier molecular flexibility index (Phi) is 6.64. The van der Waals surface area contributed by atoms with Crippen molar-refractivity contribution in [1.29, 1.82) is 0 Å². The average molecular weight is 381 g/mol. The number of alkyl halides is 3. The van der Waals surface area contributed by atoms with Crippen molar-refractivity contribution >= 4 is 17.6 Å². The van der Waals surface area contributed by atoms with Crippen molar-refractivity contribution in [3.8, 4) is 5.75 Å². The van der Waals surface area contributed by atoms with Gasteiger partial charge in [-0.05, 0) is 25.1 Å². The number of halogens is 3. The van der Waals surface area contributed by atoms with Crippen molar-refractivity contribution in [3.63, 3.8) is 0 Å². The number of hydrogen-bond acceptors (Lipinski definition) is 3. The van der Waals surface area contributed by atoms with E-state index >= 15 is 0 Å². The molecule has 2 aromatic carbocycles. The highest BCUT2D eigenvalue weighted by Gasteiger charge is 2.32. The summed E-state index contributed by atoms with van der Waals surface area (Å²) in [6.07, 6.45) is -4.83. The van der Waals surface area contributed by atoms with Crippen molar-refractivity contribution in [2.45, 2.75) is 25.9 Å². The maximum absolute atomic E-state index is 12.4. The lowest BCUT2D eigenvalue weighted by molar-refractivity contribution is -0.274. The maximum atomic E-state index is 12.4. The molecule has 0 saturated carbocycles. The minimum atomic E-state index is -4.83. The van der Waals surface area contributed by atoms with Crippen LogP contribution in [0, 0.1) is 0 Å². The molecule has 0 fully saturated rings. The van der Waals surface area contributed by atoms with Gasteiger partial charge in [0.1, 0.15) is 11.8 Å². The smallest absolute Gasteiger partial charge is 0.405 e. The van der Waals surface area contributed by atoms with E-state index in [-0.39, 0.29) is 12.1 Å². The van der Waals surface area contributed by atoms with Gasteiger partial charge in [0.25, 0.3) is 0 Å². The van der Waals surface area contributed by atoms with Gasteiger partial charge < -0.3 is 20.7 Å². The molecule has 0 radical (unpaired) electrons. The molecule has 3 amide bonds. The van der Waals surface area contributed by atoms with Crippen LogP contribution in [-0.4, -0.2) is 24.3 Å². The zero-order chi connectivity index (χ0) is 19.9. The standard InChI is InChI=1S/C18H18F3N3O3/c1-12(23-17(26)24-14-8-3-2-4-9-14)16(25)22-11-13-7-5-6-10-15(13)27-18(19,20)21/h2-10,12H,11H2,1H3,(H,22,25)(H2,23,24,26). The van der Waals surface area contributed by atoms with Crippen molar-refractivity contribution in [3.05, 3.63) is 60.2 Å². The number of carbonyl (C=O) groups excluding carboxylic acids is 2. The number of anilines is 1. The number of hydrogen-bond donors (Lipinski definition) is 3.